The van der Waals surface area contributed by atoms with Gasteiger partial charge in [0.05, 0.1) is 13.2 Å². The molecule has 6 heteroatoms. The Morgan fingerprint density at radius 2 is 1.57 bits per heavy atom. The Kier molecular flexibility index (Phi) is 5.82. The van der Waals surface area contributed by atoms with E-state index in [-0.39, 0.29) is 12.6 Å². The second-order valence-corrected chi connectivity index (χ2v) is 6.65. The molecule has 0 aromatic heterocycles. The van der Waals surface area contributed by atoms with Crippen LogP contribution in [0.1, 0.15) is 31.4 Å². The first-order valence-corrected chi connectivity index (χ1v) is 9.33. The van der Waals surface area contributed by atoms with Crippen LogP contribution >= 0.6 is 0 Å². The Balaban J connectivity index is 0.000000167. The average Bonchev–Trinajstić information content (AvgIpc) is 3.64. The van der Waals surface area contributed by atoms with Gasteiger partial charge in [-0.2, -0.15) is 0 Å². The molecule has 0 amide bonds. The SMILES string of the molecule is CCOC(=O)C1OC1(CC)c1ccccc1.O=C(O)C1(c2ccccc2)CO1. The van der Waals surface area contributed by atoms with Crippen molar-refractivity contribution in [2.45, 2.75) is 37.6 Å². The largest absolute Gasteiger partial charge is 0.479 e. The number of rotatable bonds is 6. The monoisotopic (exact) mass is 384 g/mol. The van der Waals surface area contributed by atoms with Crippen molar-refractivity contribution < 1.29 is 28.9 Å². The van der Waals surface area contributed by atoms with Crippen molar-refractivity contribution in [3.63, 3.8) is 0 Å². The van der Waals surface area contributed by atoms with Crippen LogP contribution in [0.3, 0.4) is 0 Å². The normalized spacial score (nSPS) is 27.1. The number of carboxylic acid groups (broad SMARTS) is 1. The van der Waals surface area contributed by atoms with Crippen molar-refractivity contribution in [2.75, 3.05) is 13.2 Å². The summed E-state index contributed by atoms with van der Waals surface area (Å²) in [5.41, 5.74) is 0.280. The van der Waals surface area contributed by atoms with E-state index in [1.807, 2.05) is 55.5 Å². The van der Waals surface area contributed by atoms with Gasteiger partial charge in [0.1, 0.15) is 5.60 Å². The average molecular weight is 384 g/mol. The second-order valence-electron chi connectivity index (χ2n) is 6.65. The van der Waals surface area contributed by atoms with Gasteiger partial charge in [-0.15, -0.1) is 0 Å². The molecule has 2 aliphatic heterocycles. The lowest BCUT2D eigenvalue weighted by atomic mass is 9.93. The Morgan fingerprint density at radius 3 is 2.00 bits per heavy atom. The minimum absolute atomic E-state index is 0.256. The van der Waals surface area contributed by atoms with Gasteiger partial charge in [0.15, 0.2) is 6.10 Å². The van der Waals surface area contributed by atoms with Crippen molar-refractivity contribution in [3.8, 4) is 0 Å². The highest BCUT2D eigenvalue weighted by atomic mass is 16.7. The van der Waals surface area contributed by atoms with Gasteiger partial charge in [0, 0.05) is 0 Å². The molecule has 148 valence electrons. The maximum atomic E-state index is 11.6. The number of hydrogen-bond donors (Lipinski definition) is 1. The third-order valence-corrected chi connectivity index (χ3v) is 5.00. The second kappa shape index (κ2) is 8.12. The zero-order chi connectivity index (χ0) is 20.2. The number of benzene rings is 2. The summed E-state index contributed by atoms with van der Waals surface area (Å²) in [6.07, 6.45) is 0.348. The summed E-state index contributed by atoms with van der Waals surface area (Å²) in [4.78, 5) is 22.4. The number of aliphatic carboxylic acids is 1. The van der Waals surface area contributed by atoms with Crippen molar-refractivity contribution in [2.24, 2.45) is 0 Å². The van der Waals surface area contributed by atoms with E-state index in [4.69, 9.17) is 19.3 Å². The summed E-state index contributed by atoms with van der Waals surface area (Å²) in [5.74, 6) is -1.16. The van der Waals surface area contributed by atoms with E-state index in [0.29, 0.717) is 6.61 Å². The van der Waals surface area contributed by atoms with Crippen LogP contribution in [0, 0.1) is 0 Å². The Bertz CT molecular complexity index is 815. The summed E-state index contributed by atoms with van der Waals surface area (Å²) in [6.45, 7) is 4.50. The number of ether oxygens (including phenoxy) is 3. The molecule has 2 fully saturated rings. The molecule has 3 unspecified atom stereocenters. The predicted octanol–water partition coefficient (Wildman–Crippen LogP) is 3.25. The maximum absolute atomic E-state index is 11.6. The predicted molar refractivity (Wildman–Crippen MR) is 102 cm³/mol. The molecule has 2 heterocycles. The molecule has 2 aliphatic rings. The molecule has 4 rings (SSSR count). The van der Waals surface area contributed by atoms with Crippen LogP contribution in [-0.2, 0) is 35.0 Å². The first kappa shape index (κ1) is 20.0. The van der Waals surface area contributed by atoms with Gasteiger partial charge < -0.3 is 19.3 Å². The van der Waals surface area contributed by atoms with E-state index >= 15 is 0 Å². The molecule has 2 aromatic rings. The number of carbonyl (C=O) groups excluding carboxylic acids is 1. The number of esters is 1. The highest BCUT2D eigenvalue weighted by molar-refractivity contribution is 5.82. The summed E-state index contributed by atoms with van der Waals surface area (Å²) in [7, 11) is 0. The molecule has 0 aliphatic carbocycles. The van der Waals surface area contributed by atoms with E-state index in [0.717, 1.165) is 17.5 Å². The van der Waals surface area contributed by atoms with E-state index in [2.05, 4.69) is 0 Å². The van der Waals surface area contributed by atoms with Crippen LogP contribution in [0.15, 0.2) is 60.7 Å². The number of carbonyl (C=O) groups is 2. The molecule has 2 aromatic carbocycles. The smallest absolute Gasteiger partial charge is 0.343 e. The van der Waals surface area contributed by atoms with E-state index in [1.165, 1.54) is 0 Å². The van der Waals surface area contributed by atoms with E-state index in [1.54, 1.807) is 19.1 Å². The van der Waals surface area contributed by atoms with Crippen LogP contribution in [0.4, 0.5) is 0 Å². The van der Waals surface area contributed by atoms with Crippen LogP contribution in [0.25, 0.3) is 0 Å². The Labute approximate surface area is 164 Å². The number of carboxylic acids is 1. The molecule has 1 N–H and O–H groups in total. The van der Waals surface area contributed by atoms with Gasteiger partial charge in [-0.1, -0.05) is 67.6 Å². The zero-order valence-electron chi connectivity index (χ0n) is 16.0. The third-order valence-electron chi connectivity index (χ3n) is 5.00. The Morgan fingerprint density at radius 1 is 1.04 bits per heavy atom. The molecule has 0 spiro atoms. The topological polar surface area (TPSA) is 88.7 Å². The van der Waals surface area contributed by atoms with E-state index < -0.39 is 23.3 Å². The number of hydrogen-bond acceptors (Lipinski definition) is 5. The standard InChI is InChI=1S/C13H16O3.C9H8O3/c1-3-13(10-8-6-5-7-9-10)11(16-13)12(14)15-4-2;10-8(11)9(6-12-9)7-4-2-1-3-5-7/h5-9,11H,3-4H2,1-2H3;1-5H,6H2,(H,10,11). The zero-order valence-corrected chi connectivity index (χ0v) is 16.0. The molecule has 0 bridgehead atoms. The van der Waals surface area contributed by atoms with Crippen molar-refractivity contribution >= 4 is 11.9 Å². The fourth-order valence-electron chi connectivity index (χ4n) is 3.24. The highest BCUT2D eigenvalue weighted by Crippen LogP contribution is 2.49. The summed E-state index contributed by atoms with van der Waals surface area (Å²) in [6, 6.07) is 18.8. The van der Waals surface area contributed by atoms with Gasteiger partial charge in [-0.3, -0.25) is 0 Å². The summed E-state index contributed by atoms with van der Waals surface area (Å²) < 4.78 is 15.5. The van der Waals surface area contributed by atoms with Crippen LogP contribution < -0.4 is 0 Å². The fraction of sp³-hybridized carbons (Fsp3) is 0.364. The van der Waals surface area contributed by atoms with Crippen molar-refractivity contribution in [1.29, 1.82) is 0 Å². The number of epoxide rings is 2. The van der Waals surface area contributed by atoms with Crippen LogP contribution in [0.2, 0.25) is 0 Å². The lowest BCUT2D eigenvalue weighted by molar-refractivity contribution is -0.145. The van der Waals surface area contributed by atoms with Gasteiger partial charge in [-0.25, -0.2) is 9.59 Å². The van der Waals surface area contributed by atoms with Gasteiger partial charge in [0.2, 0.25) is 5.60 Å². The first-order valence-electron chi connectivity index (χ1n) is 9.33. The summed E-state index contributed by atoms with van der Waals surface area (Å²) in [5, 5.41) is 8.83. The Hall–Kier alpha value is -2.70. The maximum Gasteiger partial charge on any atom is 0.343 e. The van der Waals surface area contributed by atoms with Gasteiger partial charge in [0.25, 0.3) is 0 Å². The molecule has 0 radical (unpaired) electrons. The summed E-state index contributed by atoms with van der Waals surface area (Å²) >= 11 is 0. The quantitative estimate of drug-likeness (QED) is 0.607. The molecular weight excluding hydrogens is 360 g/mol. The lowest BCUT2D eigenvalue weighted by Gasteiger charge is -2.09. The van der Waals surface area contributed by atoms with Crippen molar-refractivity contribution in [3.05, 3.63) is 71.8 Å². The fourth-order valence-corrected chi connectivity index (χ4v) is 3.24. The minimum Gasteiger partial charge on any atom is -0.479 e. The van der Waals surface area contributed by atoms with Gasteiger partial charge >= 0.3 is 11.9 Å². The molecule has 3 atom stereocenters. The molecule has 28 heavy (non-hydrogen) atoms. The van der Waals surface area contributed by atoms with E-state index in [9.17, 15) is 9.59 Å². The lowest BCUT2D eigenvalue weighted by Crippen LogP contribution is -2.21. The highest BCUT2D eigenvalue weighted by Gasteiger charge is 2.61. The minimum atomic E-state index is -1.04. The van der Waals surface area contributed by atoms with Crippen LogP contribution in [0.5, 0.6) is 0 Å². The first-order chi connectivity index (χ1) is 13.5. The molecule has 6 nitrogen and oxygen atoms in total. The third kappa shape index (κ3) is 3.79. The molecular formula is C22H24O6. The molecule has 0 saturated carbocycles. The van der Waals surface area contributed by atoms with Crippen LogP contribution in [-0.4, -0.2) is 36.4 Å². The van der Waals surface area contributed by atoms with Gasteiger partial charge in [-0.05, 0) is 24.5 Å². The molecule has 2 saturated heterocycles. The van der Waals surface area contributed by atoms with Crippen molar-refractivity contribution in [1.82, 2.24) is 0 Å².